The Morgan fingerprint density at radius 3 is 2.61 bits per heavy atom. The zero-order valence-corrected chi connectivity index (χ0v) is 19.8. The minimum absolute atomic E-state index is 0.667. The SMILES string of the molecule is CCNC(=NCC1CCN(Cc2cccs2)CC1)NCCc1ccc(OC)c(OC)c1. The van der Waals surface area contributed by atoms with E-state index in [1.165, 1.54) is 36.4 Å². The van der Waals surface area contributed by atoms with Gasteiger partial charge in [0.15, 0.2) is 17.5 Å². The molecule has 2 heterocycles. The summed E-state index contributed by atoms with van der Waals surface area (Å²) < 4.78 is 10.7. The summed E-state index contributed by atoms with van der Waals surface area (Å²) in [6.45, 7) is 8.10. The van der Waals surface area contributed by atoms with E-state index in [0.717, 1.165) is 50.1 Å². The van der Waals surface area contributed by atoms with Gasteiger partial charge in [0.1, 0.15) is 0 Å². The molecule has 0 atom stereocenters. The largest absolute Gasteiger partial charge is 0.493 e. The van der Waals surface area contributed by atoms with Gasteiger partial charge in [-0.3, -0.25) is 9.89 Å². The lowest BCUT2D eigenvalue weighted by molar-refractivity contribution is 0.182. The Bertz CT molecular complexity index is 802. The fraction of sp³-hybridized carbons (Fsp3) is 0.542. The molecule has 1 aliphatic heterocycles. The molecule has 0 saturated carbocycles. The van der Waals surface area contributed by atoms with Crippen LogP contribution in [0.3, 0.4) is 0 Å². The molecule has 2 N–H and O–H groups in total. The number of thiophene rings is 1. The number of rotatable bonds is 10. The Morgan fingerprint density at radius 2 is 1.94 bits per heavy atom. The standard InChI is InChI=1S/C24H36N4O2S/c1-4-25-24(26-12-9-19-7-8-22(29-2)23(16-19)30-3)27-17-20-10-13-28(14-11-20)18-21-6-5-15-31-21/h5-8,15-16,20H,4,9-14,17-18H2,1-3H3,(H2,25,26,27). The molecule has 6 nitrogen and oxygen atoms in total. The van der Waals surface area contributed by atoms with Gasteiger partial charge in [0.25, 0.3) is 0 Å². The lowest BCUT2D eigenvalue weighted by Crippen LogP contribution is -2.39. The zero-order valence-electron chi connectivity index (χ0n) is 19.0. The monoisotopic (exact) mass is 444 g/mol. The van der Waals surface area contributed by atoms with Crippen molar-refractivity contribution >= 4 is 17.3 Å². The van der Waals surface area contributed by atoms with E-state index in [1.807, 2.05) is 23.5 Å². The van der Waals surface area contributed by atoms with Crippen LogP contribution in [0.4, 0.5) is 0 Å². The Labute approximate surface area is 190 Å². The van der Waals surface area contributed by atoms with Gasteiger partial charge in [-0.25, -0.2) is 0 Å². The molecule has 1 fully saturated rings. The quantitative estimate of drug-likeness (QED) is 0.432. The number of aliphatic imine (C=N–C) groups is 1. The molecule has 31 heavy (non-hydrogen) atoms. The molecule has 0 aliphatic carbocycles. The van der Waals surface area contributed by atoms with Crippen LogP contribution in [0.15, 0.2) is 40.7 Å². The number of guanidine groups is 1. The van der Waals surface area contributed by atoms with E-state index >= 15 is 0 Å². The summed E-state index contributed by atoms with van der Waals surface area (Å²) in [5.41, 5.74) is 1.21. The van der Waals surface area contributed by atoms with Crippen LogP contribution in [0.2, 0.25) is 0 Å². The minimum atomic E-state index is 0.667. The summed E-state index contributed by atoms with van der Waals surface area (Å²) in [6.07, 6.45) is 3.34. The van der Waals surface area contributed by atoms with Crippen LogP contribution in [0.25, 0.3) is 0 Å². The van der Waals surface area contributed by atoms with Gasteiger partial charge in [-0.05, 0) is 74.3 Å². The molecule has 170 valence electrons. The molecule has 0 bridgehead atoms. The maximum Gasteiger partial charge on any atom is 0.191 e. The van der Waals surface area contributed by atoms with Crippen molar-refractivity contribution in [1.82, 2.24) is 15.5 Å². The van der Waals surface area contributed by atoms with Crippen molar-refractivity contribution in [3.05, 3.63) is 46.2 Å². The molecule has 7 heteroatoms. The van der Waals surface area contributed by atoms with Crippen LogP contribution in [-0.2, 0) is 13.0 Å². The van der Waals surface area contributed by atoms with Gasteiger partial charge in [0.05, 0.1) is 14.2 Å². The van der Waals surface area contributed by atoms with Crippen LogP contribution in [-0.4, -0.2) is 57.8 Å². The molecule has 2 aromatic rings. The first-order valence-corrected chi connectivity index (χ1v) is 12.1. The maximum atomic E-state index is 5.40. The van der Waals surface area contributed by atoms with Gasteiger partial charge >= 0.3 is 0 Å². The lowest BCUT2D eigenvalue weighted by atomic mass is 9.97. The molecule has 1 aromatic heterocycles. The summed E-state index contributed by atoms with van der Waals surface area (Å²) in [6, 6.07) is 10.4. The first-order valence-electron chi connectivity index (χ1n) is 11.2. The highest BCUT2D eigenvalue weighted by Gasteiger charge is 2.19. The second-order valence-electron chi connectivity index (χ2n) is 7.88. The Balaban J connectivity index is 1.43. The topological polar surface area (TPSA) is 58.1 Å². The normalized spacial score (nSPS) is 15.6. The van der Waals surface area contributed by atoms with E-state index in [0.29, 0.717) is 5.92 Å². The summed E-state index contributed by atoms with van der Waals surface area (Å²) in [5.74, 6) is 3.10. The Kier molecular flexibility index (Phi) is 9.49. The molecule has 3 rings (SSSR count). The molecule has 1 aromatic carbocycles. The van der Waals surface area contributed by atoms with Crippen molar-refractivity contribution in [2.24, 2.45) is 10.9 Å². The first-order chi connectivity index (χ1) is 15.2. The van der Waals surface area contributed by atoms with Crippen LogP contribution in [0.5, 0.6) is 11.5 Å². The molecule has 0 spiro atoms. The van der Waals surface area contributed by atoms with E-state index < -0.39 is 0 Å². The van der Waals surface area contributed by atoms with Gasteiger partial charge in [0, 0.05) is 31.1 Å². The molecular weight excluding hydrogens is 408 g/mol. The predicted molar refractivity (Wildman–Crippen MR) is 130 cm³/mol. The van der Waals surface area contributed by atoms with E-state index in [-0.39, 0.29) is 0 Å². The smallest absolute Gasteiger partial charge is 0.191 e. The molecule has 1 aliphatic rings. The zero-order chi connectivity index (χ0) is 21.9. The van der Waals surface area contributed by atoms with E-state index in [4.69, 9.17) is 14.5 Å². The van der Waals surface area contributed by atoms with Crippen LogP contribution < -0.4 is 20.1 Å². The van der Waals surface area contributed by atoms with Crippen molar-refractivity contribution in [2.45, 2.75) is 32.7 Å². The molecule has 0 unspecified atom stereocenters. The van der Waals surface area contributed by atoms with Crippen molar-refractivity contribution in [3.63, 3.8) is 0 Å². The van der Waals surface area contributed by atoms with Crippen molar-refractivity contribution < 1.29 is 9.47 Å². The number of likely N-dealkylation sites (tertiary alicyclic amines) is 1. The summed E-state index contributed by atoms with van der Waals surface area (Å²) in [5, 5.41) is 9.01. The minimum Gasteiger partial charge on any atom is -0.493 e. The fourth-order valence-electron chi connectivity index (χ4n) is 3.87. The van der Waals surface area contributed by atoms with E-state index in [9.17, 15) is 0 Å². The van der Waals surface area contributed by atoms with Gasteiger partial charge in [-0.15, -0.1) is 11.3 Å². The summed E-state index contributed by atoms with van der Waals surface area (Å²) >= 11 is 1.85. The second kappa shape index (κ2) is 12.6. The fourth-order valence-corrected chi connectivity index (χ4v) is 4.62. The molecular formula is C24H36N4O2S. The Hall–Kier alpha value is -2.25. The number of nitrogens with one attached hydrogen (secondary N) is 2. The van der Waals surface area contributed by atoms with Crippen molar-refractivity contribution in [1.29, 1.82) is 0 Å². The van der Waals surface area contributed by atoms with E-state index in [2.05, 4.69) is 46.0 Å². The number of piperidine rings is 1. The van der Waals surface area contributed by atoms with Crippen molar-refractivity contribution in [3.8, 4) is 11.5 Å². The number of hydrogen-bond acceptors (Lipinski definition) is 5. The number of ether oxygens (including phenoxy) is 2. The van der Waals surface area contributed by atoms with Gasteiger partial charge in [-0.1, -0.05) is 12.1 Å². The highest BCUT2D eigenvalue weighted by Crippen LogP contribution is 2.27. The van der Waals surface area contributed by atoms with Crippen LogP contribution in [0.1, 0.15) is 30.2 Å². The third-order valence-electron chi connectivity index (χ3n) is 5.67. The molecule has 1 saturated heterocycles. The third-order valence-corrected chi connectivity index (χ3v) is 6.53. The van der Waals surface area contributed by atoms with Crippen molar-refractivity contribution in [2.75, 3.05) is 46.9 Å². The average molecular weight is 445 g/mol. The van der Waals surface area contributed by atoms with Crippen LogP contribution >= 0.6 is 11.3 Å². The average Bonchev–Trinajstić information content (AvgIpc) is 3.31. The van der Waals surface area contributed by atoms with Gasteiger partial charge in [0.2, 0.25) is 0 Å². The number of benzene rings is 1. The highest BCUT2D eigenvalue weighted by atomic mass is 32.1. The maximum absolute atomic E-state index is 5.40. The Morgan fingerprint density at radius 1 is 1.13 bits per heavy atom. The molecule has 0 amide bonds. The highest BCUT2D eigenvalue weighted by molar-refractivity contribution is 7.09. The lowest BCUT2D eigenvalue weighted by Gasteiger charge is -2.31. The van der Waals surface area contributed by atoms with Crippen LogP contribution in [0, 0.1) is 5.92 Å². The summed E-state index contributed by atoms with van der Waals surface area (Å²) in [7, 11) is 3.33. The van der Waals surface area contributed by atoms with Gasteiger partial charge in [-0.2, -0.15) is 0 Å². The number of nitrogens with zero attached hydrogens (tertiary/aromatic N) is 2. The second-order valence-corrected chi connectivity index (χ2v) is 8.92. The first kappa shape index (κ1) is 23.4. The summed E-state index contributed by atoms with van der Waals surface area (Å²) in [4.78, 5) is 8.89. The van der Waals surface area contributed by atoms with Gasteiger partial charge < -0.3 is 20.1 Å². The van der Waals surface area contributed by atoms with E-state index in [1.54, 1.807) is 14.2 Å². The predicted octanol–water partition coefficient (Wildman–Crippen LogP) is 3.78. The number of hydrogen-bond donors (Lipinski definition) is 2. The molecule has 0 radical (unpaired) electrons. The third kappa shape index (κ3) is 7.43. The number of methoxy groups -OCH3 is 2.